The summed E-state index contributed by atoms with van der Waals surface area (Å²) in [7, 11) is 1.89. The van der Waals surface area contributed by atoms with Crippen molar-refractivity contribution in [2.75, 3.05) is 12.3 Å². The van der Waals surface area contributed by atoms with Crippen LogP contribution in [0.5, 0.6) is 0 Å². The van der Waals surface area contributed by atoms with Crippen LogP contribution in [-0.2, 0) is 13.5 Å². The Hall–Kier alpha value is -2.37. The van der Waals surface area contributed by atoms with Gasteiger partial charge in [0.2, 0.25) is 0 Å². The summed E-state index contributed by atoms with van der Waals surface area (Å²) in [6, 6.07) is 3.91. The number of nitrogen functional groups attached to an aromatic ring is 1. The molecular formula is C13H15FN4O. The third-order valence-electron chi connectivity index (χ3n) is 2.81. The lowest BCUT2D eigenvalue weighted by Crippen LogP contribution is -2.26. The minimum absolute atomic E-state index is 0.0308. The molecule has 1 amide bonds. The third-order valence-corrected chi connectivity index (χ3v) is 2.81. The van der Waals surface area contributed by atoms with Crippen LogP contribution in [0.25, 0.3) is 0 Å². The second-order valence-electron chi connectivity index (χ2n) is 4.20. The van der Waals surface area contributed by atoms with E-state index >= 15 is 0 Å². The minimum Gasteiger partial charge on any atom is -0.396 e. The first kappa shape index (κ1) is 13.1. The van der Waals surface area contributed by atoms with E-state index in [4.69, 9.17) is 5.73 Å². The topological polar surface area (TPSA) is 72.9 Å². The Kier molecular flexibility index (Phi) is 3.79. The molecule has 2 aromatic rings. The van der Waals surface area contributed by atoms with Crippen molar-refractivity contribution in [2.24, 2.45) is 7.05 Å². The Balaban J connectivity index is 1.91. The van der Waals surface area contributed by atoms with Crippen LogP contribution >= 0.6 is 0 Å². The molecule has 0 atom stereocenters. The van der Waals surface area contributed by atoms with Crippen molar-refractivity contribution in [1.29, 1.82) is 0 Å². The van der Waals surface area contributed by atoms with Gasteiger partial charge in [-0.15, -0.1) is 0 Å². The number of hydrogen-bond acceptors (Lipinski definition) is 3. The third kappa shape index (κ3) is 3.09. The van der Waals surface area contributed by atoms with Crippen LogP contribution in [-0.4, -0.2) is 22.0 Å². The molecule has 6 heteroatoms. The number of amides is 1. The molecule has 0 bridgehead atoms. The number of aryl methyl sites for hydroxylation is 1. The molecule has 0 spiro atoms. The van der Waals surface area contributed by atoms with Crippen molar-refractivity contribution < 1.29 is 9.18 Å². The number of carbonyl (C=O) groups is 1. The summed E-state index contributed by atoms with van der Waals surface area (Å²) in [5.74, 6) is 0.0874. The molecule has 5 nitrogen and oxygen atoms in total. The lowest BCUT2D eigenvalue weighted by Gasteiger charge is -2.06. The number of halogens is 1. The zero-order valence-corrected chi connectivity index (χ0v) is 10.6. The molecule has 0 saturated carbocycles. The number of nitrogens with two attached hydrogens (primary N) is 1. The molecule has 0 aliphatic rings. The number of benzene rings is 1. The van der Waals surface area contributed by atoms with E-state index in [0.29, 0.717) is 18.5 Å². The molecule has 1 heterocycles. The summed E-state index contributed by atoms with van der Waals surface area (Å²) in [6.07, 6.45) is 4.18. The fraction of sp³-hybridized carbons (Fsp3) is 0.231. The first-order valence-electron chi connectivity index (χ1n) is 5.87. The lowest BCUT2D eigenvalue weighted by atomic mass is 10.2. The highest BCUT2D eigenvalue weighted by Crippen LogP contribution is 2.11. The molecule has 0 unspecified atom stereocenters. The zero-order valence-electron chi connectivity index (χ0n) is 10.6. The number of nitrogens with zero attached hydrogens (tertiary/aromatic N) is 2. The van der Waals surface area contributed by atoms with Crippen molar-refractivity contribution in [3.8, 4) is 0 Å². The number of carbonyl (C=O) groups excluding carboxylic acids is 1. The fourth-order valence-electron chi connectivity index (χ4n) is 1.71. The molecule has 0 radical (unpaired) electrons. The van der Waals surface area contributed by atoms with Gasteiger partial charge < -0.3 is 15.6 Å². The van der Waals surface area contributed by atoms with Crippen molar-refractivity contribution in [3.63, 3.8) is 0 Å². The second-order valence-corrected chi connectivity index (χ2v) is 4.20. The van der Waals surface area contributed by atoms with E-state index in [1.54, 1.807) is 6.20 Å². The van der Waals surface area contributed by atoms with Gasteiger partial charge in [-0.2, -0.15) is 0 Å². The number of imidazole rings is 1. The summed E-state index contributed by atoms with van der Waals surface area (Å²) >= 11 is 0. The molecule has 0 aliphatic heterocycles. The normalized spacial score (nSPS) is 10.4. The van der Waals surface area contributed by atoms with Crippen LogP contribution in [0.3, 0.4) is 0 Å². The smallest absolute Gasteiger partial charge is 0.251 e. The maximum atomic E-state index is 13.0. The highest BCUT2D eigenvalue weighted by atomic mass is 19.1. The van der Waals surface area contributed by atoms with Gasteiger partial charge in [-0.05, 0) is 18.2 Å². The van der Waals surface area contributed by atoms with Crippen LogP contribution in [0.1, 0.15) is 16.2 Å². The van der Waals surface area contributed by atoms with E-state index in [0.717, 1.165) is 5.82 Å². The Bertz CT molecular complexity index is 594. The van der Waals surface area contributed by atoms with Crippen molar-refractivity contribution in [1.82, 2.24) is 14.9 Å². The fourth-order valence-corrected chi connectivity index (χ4v) is 1.71. The second kappa shape index (κ2) is 5.51. The number of aromatic nitrogens is 2. The summed E-state index contributed by atoms with van der Waals surface area (Å²) in [6.45, 7) is 0.459. The van der Waals surface area contributed by atoms with Crippen LogP contribution in [0.2, 0.25) is 0 Å². The first-order chi connectivity index (χ1) is 9.08. The SMILES string of the molecule is Cn1ccnc1CCNC(=O)c1ccc(F)c(N)c1. The Morgan fingerprint density at radius 1 is 1.53 bits per heavy atom. The predicted molar refractivity (Wildman–Crippen MR) is 70.1 cm³/mol. The highest BCUT2D eigenvalue weighted by molar-refractivity contribution is 5.95. The Morgan fingerprint density at radius 2 is 2.32 bits per heavy atom. The van der Waals surface area contributed by atoms with E-state index in [-0.39, 0.29) is 11.6 Å². The molecule has 1 aromatic carbocycles. The molecule has 0 saturated heterocycles. The molecule has 0 aliphatic carbocycles. The average molecular weight is 262 g/mol. The van der Waals surface area contributed by atoms with Crippen molar-refractivity contribution in [2.45, 2.75) is 6.42 Å². The van der Waals surface area contributed by atoms with E-state index in [1.165, 1.54) is 18.2 Å². The van der Waals surface area contributed by atoms with Crippen LogP contribution in [0, 0.1) is 5.82 Å². The number of rotatable bonds is 4. The lowest BCUT2D eigenvalue weighted by molar-refractivity contribution is 0.0954. The highest BCUT2D eigenvalue weighted by Gasteiger charge is 2.08. The van der Waals surface area contributed by atoms with Gasteiger partial charge in [0, 0.05) is 38.0 Å². The quantitative estimate of drug-likeness (QED) is 0.811. The first-order valence-corrected chi connectivity index (χ1v) is 5.87. The van der Waals surface area contributed by atoms with Gasteiger partial charge >= 0.3 is 0 Å². The summed E-state index contributed by atoms with van der Waals surface area (Å²) in [4.78, 5) is 16.0. The van der Waals surface area contributed by atoms with E-state index in [2.05, 4.69) is 10.3 Å². The van der Waals surface area contributed by atoms with E-state index < -0.39 is 5.82 Å². The summed E-state index contributed by atoms with van der Waals surface area (Å²) < 4.78 is 14.9. The van der Waals surface area contributed by atoms with Gasteiger partial charge in [0.05, 0.1) is 5.69 Å². The number of anilines is 1. The van der Waals surface area contributed by atoms with Gasteiger partial charge in [0.25, 0.3) is 5.91 Å². The van der Waals surface area contributed by atoms with Gasteiger partial charge in [-0.25, -0.2) is 9.37 Å². The van der Waals surface area contributed by atoms with Crippen LogP contribution < -0.4 is 11.1 Å². The van der Waals surface area contributed by atoms with Gasteiger partial charge in [0.15, 0.2) is 0 Å². The van der Waals surface area contributed by atoms with Crippen LogP contribution in [0.4, 0.5) is 10.1 Å². The monoisotopic (exact) mass is 262 g/mol. The maximum absolute atomic E-state index is 13.0. The number of hydrogen-bond donors (Lipinski definition) is 2. The molecular weight excluding hydrogens is 247 g/mol. The summed E-state index contributed by atoms with van der Waals surface area (Å²) in [5, 5.41) is 2.74. The van der Waals surface area contributed by atoms with Gasteiger partial charge in [0.1, 0.15) is 11.6 Å². The zero-order chi connectivity index (χ0) is 13.8. The standard InChI is InChI=1S/C13H15FN4O/c1-18-7-6-16-12(18)4-5-17-13(19)9-2-3-10(14)11(15)8-9/h2-3,6-8H,4-5,15H2,1H3,(H,17,19). The van der Waals surface area contributed by atoms with Crippen molar-refractivity contribution in [3.05, 3.63) is 47.8 Å². The maximum Gasteiger partial charge on any atom is 0.251 e. The summed E-state index contributed by atoms with van der Waals surface area (Å²) in [5.41, 5.74) is 5.73. The molecule has 19 heavy (non-hydrogen) atoms. The number of nitrogens with one attached hydrogen (secondary N) is 1. The Labute approximate surface area is 110 Å². The van der Waals surface area contributed by atoms with Crippen LogP contribution in [0.15, 0.2) is 30.6 Å². The Morgan fingerprint density at radius 3 is 2.95 bits per heavy atom. The van der Waals surface area contributed by atoms with Crippen molar-refractivity contribution >= 4 is 11.6 Å². The van der Waals surface area contributed by atoms with E-state index in [1.807, 2.05) is 17.8 Å². The predicted octanol–water partition coefficient (Wildman–Crippen LogP) is 1.11. The molecule has 100 valence electrons. The van der Waals surface area contributed by atoms with Gasteiger partial charge in [-0.1, -0.05) is 0 Å². The molecule has 1 aromatic heterocycles. The molecule has 0 fully saturated rings. The van der Waals surface area contributed by atoms with Gasteiger partial charge in [-0.3, -0.25) is 4.79 Å². The van der Waals surface area contributed by atoms with E-state index in [9.17, 15) is 9.18 Å². The minimum atomic E-state index is -0.524. The largest absolute Gasteiger partial charge is 0.396 e. The molecule has 2 rings (SSSR count). The molecule has 3 N–H and O–H groups in total. The average Bonchev–Trinajstić information content (AvgIpc) is 2.78.